The van der Waals surface area contributed by atoms with Gasteiger partial charge in [0.1, 0.15) is 4.32 Å². The van der Waals surface area contributed by atoms with Gasteiger partial charge in [-0.05, 0) is 46.6 Å². The number of ether oxygens (including phenoxy) is 3. The van der Waals surface area contributed by atoms with Gasteiger partial charge >= 0.3 is 5.97 Å². The zero-order chi connectivity index (χ0) is 18.6. The van der Waals surface area contributed by atoms with E-state index >= 15 is 0 Å². The topological polar surface area (TPSA) is 65.1 Å². The van der Waals surface area contributed by atoms with Crippen molar-refractivity contribution >= 4 is 62.2 Å². The maximum absolute atomic E-state index is 12.1. The van der Waals surface area contributed by atoms with Gasteiger partial charge in [-0.25, -0.2) is 4.79 Å². The third kappa shape index (κ3) is 4.74. The number of esters is 1. The summed E-state index contributed by atoms with van der Waals surface area (Å²) >= 11 is 9.76. The molecule has 25 heavy (non-hydrogen) atoms. The average molecular weight is 446 g/mol. The summed E-state index contributed by atoms with van der Waals surface area (Å²) in [4.78, 5) is 25.5. The van der Waals surface area contributed by atoms with Crippen LogP contribution in [0.15, 0.2) is 21.5 Å². The maximum Gasteiger partial charge on any atom is 0.344 e. The molecule has 0 N–H and O–H groups in total. The quantitative estimate of drug-likeness (QED) is 0.378. The highest BCUT2D eigenvalue weighted by atomic mass is 79.9. The monoisotopic (exact) mass is 445 g/mol. The summed E-state index contributed by atoms with van der Waals surface area (Å²) in [6.45, 7) is 1.79. The number of hydrogen-bond acceptors (Lipinski definition) is 7. The van der Waals surface area contributed by atoms with E-state index in [9.17, 15) is 9.59 Å². The van der Waals surface area contributed by atoms with Crippen LogP contribution in [-0.4, -0.2) is 48.5 Å². The number of nitrogens with zero attached hydrogens (tertiary/aromatic N) is 1. The van der Waals surface area contributed by atoms with Gasteiger partial charge in [0.15, 0.2) is 18.1 Å². The molecule has 1 fully saturated rings. The molecule has 0 unspecified atom stereocenters. The minimum absolute atomic E-state index is 0.146. The molecule has 1 aliphatic heterocycles. The van der Waals surface area contributed by atoms with Crippen LogP contribution in [0.4, 0.5) is 0 Å². The SMILES string of the molecule is CCOC(=O)COc1c(Br)cc(/C=C2/SC(=S)N(C)C2=O)cc1OC. The molecule has 1 aromatic carbocycles. The third-order valence-electron chi connectivity index (χ3n) is 3.18. The first-order valence-electron chi connectivity index (χ1n) is 7.24. The van der Waals surface area contributed by atoms with E-state index in [0.29, 0.717) is 25.2 Å². The molecule has 0 spiro atoms. The number of hydrogen-bond donors (Lipinski definition) is 0. The van der Waals surface area contributed by atoms with Crippen molar-refractivity contribution in [2.45, 2.75) is 6.92 Å². The number of carbonyl (C=O) groups excluding carboxylic acids is 2. The fourth-order valence-corrected chi connectivity index (χ4v) is 3.75. The van der Waals surface area contributed by atoms with Gasteiger partial charge in [-0.1, -0.05) is 24.0 Å². The van der Waals surface area contributed by atoms with Gasteiger partial charge in [-0.3, -0.25) is 9.69 Å². The normalized spacial score (nSPS) is 15.7. The zero-order valence-corrected chi connectivity index (χ0v) is 17.0. The number of carbonyl (C=O) groups is 2. The Morgan fingerprint density at radius 1 is 1.44 bits per heavy atom. The van der Waals surface area contributed by atoms with Crippen LogP contribution in [0, 0.1) is 0 Å². The summed E-state index contributed by atoms with van der Waals surface area (Å²) in [5, 5.41) is 0. The van der Waals surface area contributed by atoms with Crippen molar-refractivity contribution in [3.05, 3.63) is 27.1 Å². The molecule has 1 aromatic rings. The smallest absolute Gasteiger partial charge is 0.344 e. The van der Waals surface area contributed by atoms with E-state index in [1.54, 1.807) is 32.2 Å². The molecule has 0 aliphatic carbocycles. The lowest BCUT2D eigenvalue weighted by molar-refractivity contribution is -0.145. The van der Waals surface area contributed by atoms with Crippen molar-refractivity contribution in [2.75, 3.05) is 27.4 Å². The molecule has 0 atom stereocenters. The van der Waals surface area contributed by atoms with E-state index in [4.69, 9.17) is 26.4 Å². The van der Waals surface area contributed by atoms with Crippen LogP contribution < -0.4 is 9.47 Å². The second-order valence-corrected chi connectivity index (χ2v) is 7.40. The summed E-state index contributed by atoms with van der Waals surface area (Å²) < 4.78 is 16.8. The van der Waals surface area contributed by atoms with Crippen LogP contribution >= 0.6 is 39.9 Å². The fourth-order valence-electron chi connectivity index (χ4n) is 1.99. The van der Waals surface area contributed by atoms with Crippen molar-refractivity contribution in [3.63, 3.8) is 0 Å². The lowest BCUT2D eigenvalue weighted by atomic mass is 10.2. The first kappa shape index (κ1) is 19.7. The number of thiocarbonyl (C=S) groups is 1. The highest BCUT2D eigenvalue weighted by molar-refractivity contribution is 9.10. The molecule has 2 rings (SSSR count). The molecular weight excluding hydrogens is 430 g/mol. The van der Waals surface area contributed by atoms with Crippen molar-refractivity contribution in [1.82, 2.24) is 4.90 Å². The molecule has 134 valence electrons. The lowest BCUT2D eigenvalue weighted by Crippen LogP contribution is -2.22. The van der Waals surface area contributed by atoms with E-state index in [1.165, 1.54) is 23.8 Å². The number of methoxy groups -OCH3 is 1. The molecular formula is C16H16BrNO5S2. The molecule has 9 heteroatoms. The first-order valence-corrected chi connectivity index (χ1v) is 9.26. The first-order chi connectivity index (χ1) is 11.9. The molecule has 1 heterocycles. The minimum Gasteiger partial charge on any atom is -0.493 e. The number of likely N-dealkylation sites (N-methyl/N-ethyl adjacent to an activating group) is 1. The van der Waals surface area contributed by atoms with Gasteiger partial charge in [-0.15, -0.1) is 0 Å². The Morgan fingerprint density at radius 3 is 2.72 bits per heavy atom. The maximum atomic E-state index is 12.1. The second-order valence-electron chi connectivity index (χ2n) is 4.87. The Balaban J connectivity index is 2.26. The van der Waals surface area contributed by atoms with Gasteiger partial charge in [-0.2, -0.15) is 0 Å². The highest BCUT2D eigenvalue weighted by Crippen LogP contribution is 2.38. The predicted molar refractivity (Wildman–Crippen MR) is 104 cm³/mol. The van der Waals surface area contributed by atoms with Gasteiger partial charge < -0.3 is 14.2 Å². The van der Waals surface area contributed by atoms with Crippen molar-refractivity contribution in [3.8, 4) is 11.5 Å². The van der Waals surface area contributed by atoms with Crippen molar-refractivity contribution < 1.29 is 23.8 Å². The van der Waals surface area contributed by atoms with Crippen LogP contribution in [-0.2, 0) is 14.3 Å². The molecule has 0 bridgehead atoms. The van der Waals surface area contributed by atoms with Gasteiger partial charge in [0.2, 0.25) is 0 Å². The zero-order valence-electron chi connectivity index (χ0n) is 13.8. The third-order valence-corrected chi connectivity index (χ3v) is 5.25. The van der Waals surface area contributed by atoms with Gasteiger partial charge in [0.05, 0.1) is 23.1 Å². The Morgan fingerprint density at radius 2 is 2.16 bits per heavy atom. The summed E-state index contributed by atoms with van der Waals surface area (Å²) in [7, 11) is 3.13. The fraction of sp³-hybridized carbons (Fsp3) is 0.312. The van der Waals surface area contributed by atoms with E-state index in [0.717, 1.165) is 5.56 Å². The summed E-state index contributed by atoms with van der Waals surface area (Å²) in [5.41, 5.74) is 0.737. The predicted octanol–water partition coefficient (Wildman–Crippen LogP) is 3.23. The Labute approximate surface area is 163 Å². The number of rotatable bonds is 6. The summed E-state index contributed by atoms with van der Waals surface area (Å²) in [5.74, 6) is 0.201. The molecule has 1 amide bonds. The number of benzene rings is 1. The summed E-state index contributed by atoms with van der Waals surface area (Å²) in [6.07, 6.45) is 1.73. The second kappa shape index (κ2) is 8.68. The lowest BCUT2D eigenvalue weighted by Gasteiger charge is -2.13. The van der Waals surface area contributed by atoms with Crippen molar-refractivity contribution in [1.29, 1.82) is 0 Å². The Kier molecular flexibility index (Phi) is 6.86. The Hall–Kier alpha value is -1.58. The standard InChI is InChI=1S/C16H16BrNO5S2/c1-4-22-13(19)8-23-14-10(17)5-9(6-11(14)21-3)7-12-15(20)18(2)16(24)25-12/h5-7H,4,8H2,1-3H3/b12-7+. The van der Waals surface area contributed by atoms with E-state index < -0.39 is 5.97 Å². The highest BCUT2D eigenvalue weighted by Gasteiger charge is 2.28. The molecule has 6 nitrogen and oxygen atoms in total. The average Bonchev–Trinajstić information content (AvgIpc) is 2.80. The molecule has 1 saturated heterocycles. The van der Waals surface area contributed by atoms with Crippen LogP contribution in [0.3, 0.4) is 0 Å². The summed E-state index contributed by atoms with van der Waals surface area (Å²) in [6, 6.07) is 3.48. The minimum atomic E-state index is -0.466. The van der Waals surface area contributed by atoms with Crippen LogP contribution in [0.5, 0.6) is 11.5 Å². The molecule has 0 aromatic heterocycles. The number of thioether (sulfide) groups is 1. The molecule has 1 aliphatic rings. The molecule has 0 radical (unpaired) electrons. The Bertz CT molecular complexity index is 750. The van der Waals surface area contributed by atoms with Crippen molar-refractivity contribution in [2.24, 2.45) is 0 Å². The largest absolute Gasteiger partial charge is 0.493 e. The molecule has 0 saturated carbocycles. The van der Waals surface area contributed by atoms with Crippen LogP contribution in [0.1, 0.15) is 12.5 Å². The number of halogens is 1. The van der Waals surface area contributed by atoms with E-state index in [-0.39, 0.29) is 19.1 Å². The van der Waals surface area contributed by atoms with Crippen LogP contribution in [0.2, 0.25) is 0 Å². The van der Waals surface area contributed by atoms with Gasteiger partial charge in [0, 0.05) is 7.05 Å². The van der Waals surface area contributed by atoms with Gasteiger partial charge in [0.25, 0.3) is 5.91 Å². The van der Waals surface area contributed by atoms with Crippen LogP contribution in [0.25, 0.3) is 6.08 Å². The number of amides is 1. The van der Waals surface area contributed by atoms with E-state index in [2.05, 4.69) is 15.9 Å². The van der Waals surface area contributed by atoms with E-state index in [1.807, 2.05) is 0 Å².